The minimum atomic E-state index is 0.465. The van der Waals surface area contributed by atoms with Gasteiger partial charge in [-0.25, -0.2) is 0 Å². The van der Waals surface area contributed by atoms with Gasteiger partial charge in [-0.1, -0.05) is 13.8 Å². The van der Waals surface area contributed by atoms with Crippen LogP contribution in [0.5, 0.6) is 0 Å². The van der Waals surface area contributed by atoms with Crippen LogP contribution in [0.25, 0.3) is 0 Å². The van der Waals surface area contributed by atoms with Gasteiger partial charge in [0.25, 0.3) is 0 Å². The van der Waals surface area contributed by atoms with E-state index in [1.165, 1.54) is 25.7 Å². The Morgan fingerprint density at radius 2 is 1.81 bits per heavy atom. The molecule has 0 aromatic carbocycles. The zero-order valence-electron chi connectivity index (χ0n) is 11.0. The van der Waals surface area contributed by atoms with Gasteiger partial charge in [-0.3, -0.25) is 0 Å². The summed E-state index contributed by atoms with van der Waals surface area (Å²) in [4.78, 5) is 0. The topological polar surface area (TPSA) is 30.5 Å². The Hall–Kier alpha value is -0.120. The predicted molar refractivity (Wildman–Crippen MR) is 66.7 cm³/mol. The molecule has 0 spiro atoms. The molecule has 0 aliphatic heterocycles. The first-order chi connectivity index (χ1) is 7.72. The Balaban J connectivity index is 2.04. The molecule has 96 valence electrons. The maximum Gasteiger partial charge on any atom is 0.0704 e. The fourth-order valence-corrected chi connectivity index (χ4v) is 2.13. The normalized spacial score (nSPS) is 26.2. The van der Waals surface area contributed by atoms with Gasteiger partial charge in [0.1, 0.15) is 0 Å². The molecule has 1 aliphatic carbocycles. The van der Waals surface area contributed by atoms with E-state index in [-0.39, 0.29) is 0 Å². The number of rotatable bonds is 7. The molecule has 1 aliphatic rings. The van der Waals surface area contributed by atoms with E-state index in [9.17, 15) is 0 Å². The average molecular weight is 229 g/mol. The third-order valence-corrected chi connectivity index (χ3v) is 3.13. The summed E-state index contributed by atoms with van der Waals surface area (Å²) in [5.41, 5.74) is 0. The van der Waals surface area contributed by atoms with Gasteiger partial charge in [-0.2, -0.15) is 0 Å². The Kier molecular flexibility index (Phi) is 7.01. The van der Waals surface area contributed by atoms with E-state index in [0.717, 1.165) is 19.1 Å². The van der Waals surface area contributed by atoms with E-state index >= 15 is 0 Å². The first-order valence-corrected chi connectivity index (χ1v) is 6.56. The second kappa shape index (κ2) is 8.04. The van der Waals surface area contributed by atoms with Crippen molar-refractivity contribution in [3.8, 4) is 0 Å². The van der Waals surface area contributed by atoms with E-state index in [1.807, 2.05) is 0 Å². The largest absolute Gasteiger partial charge is 0.382 e. The zero-order chi connectivity index (χ0) is 11.8. The summed E-state index contributed by atoms with van der Waals surface area (Å²) in [6, 6.07) is 0.713. The van der Waals surface area contributed by atoms with Gasteiger partial charge in [0.15, 0.2) is 0 Å². The first kappa shape index (κ1) is 13.9. The smallest absolute Gasteiger partial charge is 0.0704 e. The Bertz CT molecular complexity index is 165. The summed E-state index contributed by atoms with van der Waals surface area (Å²) in [6.45, 7) is 7.11. The molecule has 1 rings (SSSR count). The quantitative estimate of drug-likeness (QED) is 0.679. The Labute approximate surface area is 99.9 Å². The van der Waals surface area contributed by atoms with Crippen molar-refractivity contribution >= 4 is 0 Å². The maximum absolute atomic E-state index is 5.74. The van der Waals surface area contributed by atoms with Gasteiger partial charge in [0.2, 0.25) is 0 Å². The van der Waals surface area contributed by atoms with Crippen molar-refractivity contribution in [3.63, 3.8) is 0 Å². The van der Waals surface area contributed by atoms with E-state index in [4.69, 9.17) is 9.47 Å². The van der Waals surface area contributed by atoms with Gasteiger partial charge in [-0.05, 0) is 38.1 Å². The van der Waals surface area contributed by atoms with Crippen molar-refractivity contribution in [1.29, 1.82) is 0 Å². The monoisotopic (exact) mass is 229 g/mol. The highest BCUT2D eigenvalue weighted by Crippen LogP contribution is 2.21. The van der Waals surface area contributed by atoms with Gasteiger partial charge in [-0.15, -0.1) is 0 Å². The van der Waals surface area contributed by atoms with Crippen LogP contribution in [0.2, 0.25) is 0 Å². The molecular weight excluding hydrogens is 202 g/mol. The summed E-state index contributed by atoms with van der Waals surface area (Å²) < 4.78 is 10.7. The summed E-state index contributed by atoms with van der Waals surface area (Å²) >= 11 is 0. The summed E-state index contributed by atoms with van der Waals surface area (Å²) in [7, 11) is 1.72. The van der Waals surface area contributed by atoms with Crippen LogP contribution in [0.3, 0.4) is 0 Å². The Morgan fingerprint density at radius 3 is 2.38 bits per heavy atom. The molecule has 1 saturated carbocycles. The van der Waals surface area contributed by atoms with Gasteiger partial charge >= 0.3 is 0 Å². The lowest BCUT2D eigenvalue weighted by molar-refractivity contribution is -0.00434. The van der Waals surface area contributed by atoms with Gasteiger partial charge < -0.3 is 14.8 Å². The average Bonchev–Trinajstić information content (AvgIpc) is 2.28. The molecule has 1 fully saturated rings. The third kappa shape index (κ3) is 5.83. The lowest BCUT2D eigenvalue weighted by atomic mass is 9.92. The molecule has 0 unspecified atom stereocenters. The molecule has 0 saturated heterocycles. The van der Waals surface area contributed by atoms with Crippen LogP contribution < -0.4 is 5.32 Å². The molecule has 3 nitrogen and oxygen atoms in total. The molecule has 0 aromatic heterocycles. The molecule has 3 heteroatoms. The second-order valence-electron chi connectivity index (χ2n) is 5.14. The summed E-state index contributed by atoms with van der Waals surface area (Å²) in [6.07, 6.45) is 5.36. The van der Waals surface area contributed by atoms with Crippen LogP contribution in [0, 0.1) is 5.92 Å². The van der Waals surface area contributed by atoms with Crippen LogP contribution in [0.15, 0.2) is 0 Å². The lowest BCUT2D eigenvalue weighted by Gasteiger charge is -2.29. The second-order valence-corrected chi connectivity index (χ2v) is 5.14. The minimum Gasteiger partial charge on any atom is -0.382 e. The van der Waals surface area contributed by atoms with Crippen molar-refractivity contribution in [2.24, 2.45) is 5.92 Å². The van der Waals surface area contributed by atoms with E-state index in [0.29, 0.717) is 18.8 Å². The van der Waals surface area contributed by atoms with Gasteiger partial charge in [0, 0.05) is 13.2 Å². The van der Waals surface area contributed by atoms with Crippen LogP contribution in [0.4, 0.5) is 0 Å². The number of nitrogens with one attached hydrogen (secondary N) is 1. The van der Waals surface area contributed by atoms with Crippen LogP contribution in [-0.4, -0.2) is 39.0 Å². The molecule has 0 aromatic rings. The number of hydrogen-bond acceptors (Lipinski definition) is 3. The molecule has 0 atom stereocenters. The van der Waals surface area contributed by atoms with Gasteiger partial charge in [0.05, 0.1) is 19.3 Å². The zero-order valence-corrected chi connectivity index (χ0v) is 11.0. The Morgan fingerprint density at radius 1 is 1.12 bits per heavy atom. The van der Waals surface area contributed by atoms with Crippen LogP contribution in [-0.2, 0) is 9.47 Å². The fourth-order valence-electron chi connectivity index (χ4n) is 2.13. The van der Waals surface area contributed by atoms with Crippen molar-refractivity contribution < 1.29 is 9.47 Å². The fraction of sp³-hybridized carbons (Fsp3) is 1.00. The third-order valence-electron chi connectivity index (χ3n) is 3.13. The van der Waals surface area contributed by atoms with Crippen LogP contribution in [0.1, 0.15) is 39.5 Å². The molecule has 0 amide bonds. The summed E-state index contributed by atoms with van der Waals surface area (Å²) in [5, 5.41) is 3.63. The molecule has 0 radical (unpaired) electrons. The highest BCUT2D eigenvalue weighted by atomic mass is 16.5. The number of ether oxygens (including phenoxy) is 2. The van der Waals surface area contributed by atoms with Crippen molar-refractivity contribution in [3.05, 3.63) is 0 Å². The lowest BCUT2D eigenvalue weighted by Crippen LogP contribution is -2.37. The van der Waals surface area contributed by atoms with Crippen molar-refractivity contribution in [1.82, 2.24) is 5.32 Å². The molecular formula is C13H27NO2. The predicted octanol–water partition coefficient (Wildman–Crippen LogP) is 2.21. The molecule has 16 heavy (non-hydrogen) atoms. The number of hydrogen-bond donors (Lipinski definition) is 1. The minimum absolute atomic E-state index is 0.465. The number of methoxy groups -OCH3 is 1. The van der Waals surface area contributed by atoms with Crippen LogP contribution >= 0.6 is 0 Å². The standard InChI is InChI=1S/C13H27NO2/c1-11(2)10-14-12-4-6-13(7-5-12)16-9-8-15-3/h11-14H,4-10H2,1-3H3. The highest BCUT2D eigenvalue weighted by molar-refractivity contribution is 4.77. The molecule has 1 N–H and O–H groups in total. The van der Waals surface area contributed by atoms with Crippen molar-refractivity contribution in [2.45, 2.75) is 51.7 Å². The van der Waals surface area contributed by atoms with E-state index in [2.05, 4.69) is 19.2 Å². The molecule has 0 bridgehead atoms. The van der Waals surface area contributed by atoms with E-state index in [1.54, 1.807) is 7.11 Å². The van der Waals surface area contributed by atoms with Crippen molar-refractivity contribution in [2.75, 3.05) is 26.9 Å². The summed E-state index contributed by atoms with van der Waals surface area (Å²) in [5.74, 6) is 0.746. The van der Waals surface area contributed by atoms with E-state index < -0.39 is 0 Å². The first-order valence-electron chi connectivity index (χ1n) is 6.56. The SMILES string of the molecule is COCCOC1CCC(NCC(C)C)CC1. The molecule has 0 heterocycles. The maximum atomic E-state index is 5.74. The highest BCUT2D eigenvalue weighted by Gasteiger charge is 2.21.